The molecule has 150 valence electrons. The lowest BCUT2D eigenvalue weighted by Crippen LogP contribution is -2.49. The maximum Gasteiger partial charge on any atom is 0.244 e. The van der Waals surface area contributed by atoms with Gasteiger partial charge in [-0.2, -0.15) is 0 Å². The first-order valence-electron chi connectivity index (χ1n) is 9.88. The third-order valence-electron chi connectivity index (χ3n) is 4.71. The fourth-order valence-electron chi connectivity index (χ4n) is 3.20. The minimum atomic E-state index is 0.0657. The third-order valence-corrected chi connectivity index (χ3v) is 4.71. The van der Waals surface area contributed by atoms with Crippen molar-refractivity contribution in [2.75, 3.05) is 50.7 Å². The molecule has 0 spiro atoms. The molecule has 1 aromatic carbocycles. The van der Waals surface area contributed by atoms with Gasteiger partial charge < -0.3 is 24.9 Å². The number of para-hydroxylation sites is 1. The standard InChI is InChI=1S/C21H29N5O2/c1-2-22-21(23-11-10-19-9-6-16-28-19)24-17-20(27)26-14-12-25(13-15-26)18-7-4-3-5-8-18/h3-9,16H,2,10-15,17H2,1H3,(H2,22,23,24). The molecule has 3 rings (SSSR count). The SMILES string of the molecule is CCNC(=NCC(=O)N1CCN(c2ccccc2)CC1)NCCc1ccco1. The Labute approximate surface area is 166 Å². The molecule has 0 atom stereocenters. The Hall–Kier alpha value is -2.96. The number of rotatable bonds is 7. The summed E-state index contributed by atoms with van der Waals surface area (Å²) >= 11 is 0. The topological polar surface area (TPSA) is 73.1 Å². The van der Waals surface area contributed by atoms with Crippen molar-refractivity contribution < 1.29 is 9.21 Å². The lowest BCUT2D eigenvalue weighted by molar-refractivity contribution is -0.129. The maximum absolute atomic E-state index is 12.5. The van der Waals surface area contributed by atoms with Gasteiger partial charge in [0.15, 0.2) is 5.96 Å². The minimum absolute atomic E-state index is 0.0657. The molecular formula is C21H29N5O2. The number of benzene rings is 1. The molecule has 28 heavy (non-hydrogen) atoms. The zero-order valence-electron chi connectivity index (χ0n) is 16.4. The van der Waals surface area contributed by atoms with E-state index >= 15 is 0 Å². The van der Waals surface area contributed by atoms with Crippen LogP contribution in [0.3, 0.4) is 0 Å². The third kappa shape index (κ3) is 5.77. The molecule has 1 fully saturated rings. The molecular weight excluding hydrogens is 354 g/mol. The van der Waals surface area contributed by atoms with Crippen LogP contribution in [-0.4, -0.2) is 62.6 Å². The van der Waals surface area contributed by atoms with Crippen molar-refractivity contribution in [2.24, 2.45) is 4.99 Å². The van der Waals surface area contributed by atoms with E-state index in [1.165, 1.54) is 5.69 Å². The number of aliphatic imine (C=N–C) groups is 1. The van der Waals surface area contributed by atoms with Crippen LogP contribution in [0.4, 0.5) is 5.69 Å². The lowest BCUT2D eigenvalue weighted by Gasteiger charge is -2.36. The molecule has 1 aliphatic heterocycles. The second-order valence-electron chi connectivity index (χ2n) is 6.65. The van der Waals surface area contributed by atoms with Crippen LogP contribution in [0.1, 0.15) is 12.7 Å². The van der Waals surface area contributed by atoms with Crippen molar-refractivity contribution in [3.8, 4) is 0 Å². The van der Waals surface area contributed by atoms with E-state index in [-0.39, 0.29) is 12.5 Å². The Morgan fingerprint density at radius 1 is 1.07 bits per heavy atom. The quantitative estimate of drug-likeness (QED) is 0.563. The smallest absolute Gasteiger partial charge is 0.244 e. The van der Waals surface area contributed by atoms with Crippen LogP contribution in [0.2, 0.25) is 0 Å². The molecule has 1 saturated heterocycles. The fraction of sp³-hybridized carbons (Fsp3) is 0.429. The summed E-state index contributed by atoms with van der Waals surface area (Å²) in [7, 11) is 0. The number of piperazine rings is 1. The number of carbonyl (C=O) groups excluding carboxylic acids is 1. The summed E-state index contributed by atoms with van der Waals surface area (Å²) in [6, 6.07) is 14.2. The van der Waals surface area contributed by atoms with Gasteiger partial charge in [-0.15, -0.1) is 0 Å². The molecule has 1 amide bonds. The van der Waals surface area contributed by atoms with E-state index in [0.717, 1.165) is 44.9 Å². The molecule has 2 heterocycles. The normalized spacial score (nSPS) is 14.8. The predicted octanol–water partition coefficient (Wildman–Crippen LogP) is 1.73. The number of hydrogen-bond acceptors (Lipinski definition) is 4. The van der Waals surface area contributed by atoms with E-state index in [9.17, 15) is 4.79 Å². The Balaban J connectivity index is 1.44. The average molecular weight is 383 g/mol. The molecule has 0 unspecified atom stereocenters. The predicted molar refractivity (Wildman–Crippen MR) is 112 cm³/mol. The van der Waals surface area contributed by atoms with Crippen LogP contribution in [-0.2, 0) is 11.2 Å². The number of carbonyl (C=O) groups is 1. The van der Waals surface area contributed by atoms with Gasteiger partial charge in [-0.3, -0.25) is 4.79 Å². The summed E-state index contributed by atoms with van der Waals surface area (Å²) < 4.78 is 5.33. The number of amides is 1. The highest BCUT2D eigenvalue weighted by molar-refractivity contribution is 5.85. The van der Waals surface area contributed by atoms with Gasteiger partial charge in [0.05, 0.1) is 6.26 Å². The molecule has 1 aromatic heterocycles. The summed E-state index contributed by atoms with van der Waals surface area (Å²) in [5.41, 5.74) is 1.21. The number of nitrogens with one attached hydrogen (secondary N) is 2. The lowest BCUT2D eigenvalue weighted by atomic mass is 10.2. The van der Waals surface area contributed by atoms with E-state index in [2.05, 4.69) is 32.7 Å². The van der Waals surface area contributed by atoms with Crippen LogP contribution in [0, 0.1) is 0 Å². The number of anilines is 1. The van der Waals surface area contributed by atoms with Gasteiger partial charge in [-0.1, -0.05) is 18.2 Å². The van der Waals surface area contributed by atoms with Crippen LogP contribution in [0.15, 0.2) is 58.1 Å². The molecule has 2 N–H and O–H groups in total. The van der Waals surface area contributed by atoms with Crippen molar-refractivity contribution >= 4 is 17.6 Å². The fourth-order valence-corrected chi connectivity index (χ4v) is 3.20. The second kappa shape index (κ2) is 10.4. The van der Waals surface area contributed by atoms with Gasteiger partial charge >= 0.3 is 0 Å². The highest BCUT2D eigenvalue weighted by Gasteiger charge is 2.20. The number of nitrogens with zero attached hydrogens (tertiary/aromatic N) is 3. The largest absolute Gasteiger partial charge is 0.469 e. The Kier molecular flexibility index (Phi) is 7.35. The van der Waals surface area contributed by atoms with Crippen molar-refractivity contribution in [1.82, 2.24) is 15.5 Å². The van der Waals surface area contributed by atoms with E-state index < -0.39 is 0 Å². The first-order chi connectivity index (χ1) is 13.8. The monoisotopic (exact) mass is 383 g/mol. The van der Waals surface area contributed by atoms with E-state index in [1.807, 2.05) is 42.2 Å². The molecule has 0 radical (unpaired) electrons. The first-order valence-corrected chi connectivity index (χ1v) is 9.88. The highest BCUT2D eigenvalue weighted by atomic mass is 16.3. The molecule has 0 bridgehead atoms. The van der Waals surface area contributed by atoms with Crippen molar-refractivity contribution in [1.29, 1.82) is 0 Å². The van der Waals surface area contributed by atoms with Crippen molar-refractivity contribution in [3.63, 3.8) is 0 Å². The molecule has 7 nitrogen and oxygen atoms in total. The van der Waals surface area contributed by atoms with Crippen molar-refractivity contribution in [3.05, 3.63) is 54.5 Å². The molecule has 2 aromatic rings. The van der Waals surface area contributed by atoms with Gasteiger partial charge in [0.25, 0.3) is 0 Å². The molecule has 7 heteroatoms. The summed E-state index contributed by atoms with van der Waals surface area (Å²) in [5.74, 6) is 1.65. The van der Waals surface area contributed by atoms with Gasteiger partial charge in [0.1, 0.15) is 12.3 Å². The molecule has 1 aliphatic rings. The highest BCUT2D eigenvalue weighted by Crippen LogP contribution is 2.15. The first kappa shape index (κ1) is 19.8. The van der Waals surface area contributed by atoms with Gasteiger partial charge in [-0.25, -0.2) is 4.99 Å². The van der Waals surface area contributed by atoms with Crippen LogP contribution in [0.25, 0.3) is 0 Å². The summed E-state index contributed by atoms with van der Waals surface area (Å²) in [5, 5.41) is 6.42. The maximum atomic E-state index is 12.5. The Morgan fingerprint density at radius 3 is 2.54 bits per heavy atom. The number of furan rings is 1. The van der Waals surface area contributed by atoms with Crippen molar-refractivity contribution in [2.45, 2.75) is 13.3 Å². The number of guanidine groups is 1. The second-order valence-corrected chi connectivity index (χ2v) is 6.65. The Morgan fingerprint density at radius 2 is 1.86 bits per heavy atom. The van der Waals surface area contributed by atoms with E-state index in [0.29, 0.717) is 12.5 Å². The zero-order valence-corrected chi connectivity index (χ0v) is 16.4. The summed E-state index contributed by atoms with van der Waals surface area (Å²) in [6.07, 6.45) is 2.44. The zero-order chi connectivity index (χ0) is 19.6. The van der Waals surface area contributed by atoms with E-state index in [4.69, 9.17) is 4.42 Å². The number of hydrogen-bond donors (Lipinski definition) is 2. The van der Waals surface area contributed by atoms with Gasteiger partial charge in [0, 0.05) is 51.4 Å². The van der Waals surface area contributed by atoms with Crippen LogP contribution < -0.4 is 15.5 Å². The van der Waals surface area contributed by atoms with Gasteiger partial charge in [0.2, 0.25) is 5.91 Å². The van der Waals surface area contributed by atoms with Gasteiger partial charge in [-0.05, 0) is 31.2 Å². The Bertz CT molecular complexity index is 737. The van der Waals surface area contributed by atoms with Crippen LogP contribution >= 0.6 is 0 Å². The minimum Gasteiger partial charge on any atom is -0.469 e. The summed E-state index contributed by atoms with van der Waals surface area (Å²) in [4.78, 5) is 21.2. The average Bonchev–Trinajstić information content (AvgIpc) is 3.26. The van der Waals surface area contributed by atoms with Crippen LogP contribution in [0.5, 0.6) is 0 Å². The van der Waals surface area contributed by atoms with E-state index in [1.54, 1.807) is 6.26 Å². The summed E-state index contributed by atoms with van der Waals surface area (Å²) in [6.45, 7) is 6.76. The molecule has 0 saturated carbocycles. The molecule has 0 aliphatic carbocycles.